The first kappa shape index (κ1) is 15.5. The Balaban J connectivity index is 2.75. The van der Waals surface area contributed by atoms with Gasteiger partial charge >= 0.3 is 0 Å². The molecular formula is C15H24ClNO. The molecule has 3 heteroatoms. The average molecular weight is 270 g/mol. The third-order valence-corrected chi connectivity index (χ3v) is 3.38. The van der Waals surface area contributed by atoms with Crippen molar-refractivity contribution < 1.29 is 5.11 Å². The van der Waals surface area contributed by atoms with Gasteiger partial charge in [-0.25, -0.2) is 0 Å². The molecule has 0 spiro atoms. The zero-order valence-corrected chi connectivity index (χ0v) is 12.5. The largest absolute Gasteiger partial charge is 0.396 e. The van der Waals surface area contributed by atoms with E-state index < -0.39 is 0 Å². The molecule has 0 aliphatic heterocycles. The van der Waals surface area contributed by atoms with Gasteiger partial charge in [0, 0.05) is 29.6 Å². The van der Waals surface area contributed by atoms with Crippen molar-refractivity contribution in [3.63, 3.8) is 0 Å². The van der Waals surface area contributed by atoms with E-state index in [1.807, 2.05) is 12.1 Å². The summed E-state index contributed by atoms with van der Waals surface area (Å²) in [4.78, 5) is 0. The summed E-state index contributed by atoms with van der Waals surface area (Å²) in [6.45, 7) is 9.47. The van der Waals surface area contributed by atoms with Crippen LogP contribution in [-0.4, -0.2) is 18.3 Å². The van der Waals surface area contributed by atoms with Gasteiger partial charge in [-0.3, -0.25) is 0 Å². The number of nitrogens with one attached hydrogen (secondary N) is 1. The van der Waals surface area contributed by atoms with Crippen LogP contribution in [0.5, 0.6) is 0 Å². The molecule has 0 heterocycles. The summed E-state index contributed by atoms with van der Waals surface area (Å²) < 4.78 is 0. The Hall–Kier alpha value is -0.570. The SMILES string of the molecule is CC(C)C(NCC(C)(C)CO)c1ccc(Cl)cc1. The number of aliphatic hydroxyl groups is 1. The summed E-state index contributed by atoms with van der Waals surface area (Å²) in [5.74, 6) is 0.487. The Morgan fingerprint density at radius 1 is 1.22 bits per heavy atom. The predicted octanol–water partition coefficient (Wildman–Crippen LogP) is 3.65. The Labute approximate surface area is 115 Å². The minimum atomic E-state index is -0.0977. The Bertz CT molecular complexity index is 359. The van der Waals surface area contributed by atoms with Gasteiger partial charge in [-0.15, -0.1) is 0 Å². The monoisotopic (exact) mass is 269 g/mol. The molecule has 0 aromatic heterocycles. The molecule has 18 heavy (non-hydrogen) atoms. The van der Waals surface area contributed by atoms with Gasteiger partial charge in [0.1, 0.15) is 0 Å². The Morgan fingerprint density at radius 3 is 2.22 bits per heavy atom. The molecule has 1 atom stereocenters. The maximum Gasteiger partial charge on any atom is 0.0494 e. The molecule has 1 aromatic rings. The number of halogens is 1. The number of benzene rings is 1. The highest BCUT2D eigenvalue weighted by Crippen LogP contribution is 2.24. The maximum atomic E-state index is 9.30. The van der Waals surface area contributed by atoms with Crippen LogP contribution in [0.15, 0.2) is 24.3 Å². The molecule has 0 saturated carbocycles. The Morgan fingerprint density at radius 2 is 1.78 bits per heavy atom. The number of rotatable bonds is 6. The van der Waals surface area contributed by atoms with Crippen molar-refractivity contribution in [1.82, 2.24) is 5.32 Å². The predicted molar refractivity (Wildman–Crippen MR) is 77.9 cm³/mol. The summed E-state index contributed by atoms with van der Waals surface area (Å²) in [5, 5.41) is 13.6. The van der Waals surface area contributed by atoms with Crippen LogP contribution in [0, 0.1) is 11.3 Å². The fraction of sp³-hybridized carbons (Fsp3) is 0.600. The second-order valence-electron chi connectivity index (χ2n) is 5.98. The molecule has 1 rings (SSSR count). The number of aliphatic hydroxyl groups excluding tert-OH is 1. The minimum absolute atomic E-state index is 0.0977. The van der Waals surface area contributed by atoms with Gasteiger partial charge in [-0.05, 0) is 23.6 Å². The van der Waals surface area contributed by atoms with Crippen molar-refractivity contribution in [2.45, 2.75) is 33.7 Å². The van der Waals surface area contributed by atoms with Crippen LogP contribution < -0.4 is 5.32 Å². The smallest absolute Gasteiger partial charge is 0.0494 e. The van der Waals surface area contributed by atoms with Crippen LogP contribution in [0.1, 0.15) is 39.3 Å². The molecule has 0 radical (unpaired) electrons. The second-order valence-corrected chi connectivity index (χ2v) is 6.41. The van der Waals surface area contributed by atoms with Crippen molar-refractivity contribution >= 4 is 11.6 Å². The van der Waals surface area contributed by atoms with Crippen LogP contribution in [0.2, 0.25) is 5.02 Å². The summed E-state index contributed by atoms with van der Waals surface area (Å²) in [6.07, 6.45) is 0. The van der Waals surface area contributed by atoms with Crippen molar-refractivity contribution in [3.05, 3.63) is 34.9 Å². The topological polar surface area (TPSA) is 32.3 Å². The van der Waals surface area contributed by atoms with E-state index in [4.69, 9.17) is 11.6 Å². The van der Waals surface area contributed by atoms with Crippen molar-refractivity contribution in [2.75, 3.05) is 13.2 Å². The lowest BCUT2D eigenvalue weighted by Gasteiger charge is -2.29. The maximum absolute atomic E-state index is 9.30. The molecule has 1 unspecified atom stereocenters. The molecule has 0 bridgehead atoms. The van der Waals surface area contributed by atoms with Gasteiger partial charge in [-0.1, -0.05) is 51.4 Å². The fourth-order valence-electron chi connectivity index (χ4n) is 1.85. The lowest BCUT2D eigenvalue weighted by Crippen LogP contribution is -2.36. The zero-order valence-electron chi connectivity index (χ0n) is 11.7. The lowest BCUT2D eigenvalue weighted by molar-refractivity contribution is 0.150. The highest BCUT2D eigenvalue weighted by Gasteiger charge is 2.21. The van der Waals surface area contributed by atoms with Gasteiger partial charge in [0.2, 0.25) is 0 Å². The van der Waals surface area contributed by atoms with Gasteiger partial charge in [0.25, 0.3) is 0 Å². The fourth-order valence-corrected chi connectivity index (χ4v) is 1.98. The number of hydrogen-bond donors (Lipinski definition) is 2. The minimum Gasteiger partial charge on any atom is -0.396 e. The summed E-state index contributed by atoms with van der Waals surface area (Å²) >= 11 is 5.91. The molecule has 0 aliphatic rings. The van der Waals surface area contributed by atoms with E-state index in [9.17, 15) is 5.11 Å². The van der Waals surface area contributed by atoms with Crippen LogP contribution >= 0.6 is 11.6 Å². The normalized spacial score (nSPS) is 13.9. The van der Waals surface area contributed by atoms with Crippen molar-refractivity contribution in [2.24, 2.45) is 11.3 Å². The van der Waals surface area contributed by atoms with Crippen LogP contribution in [0.25, 0.3) is 0 Å². The molecular weight excluding hydrogens is 246 g/mol. The first-order valence-electron chi connectivity index (χ1n) is 6.45. The van der Waals surface area contributed by atoms with Gasteiger partial charge < -0.3 is 10.4 Å². The molecule has 0 aliphatic carbocycles. The van der Waals surface area contributed by atoms with E-state index in [1.165, 1.54) is 5.56 Å². The summed E-state index contributed by atoms with van der Waals surface area (Å²) in [7, 11) is 0. The molecule has 0 fully saturated rings. The zero-order chi connectivity index (χ0) is 13.8. The van der Waals surface area contributed by atoms with E-state index in [0.29, 0.717) is 5.92 Å². The van der Waals surface area contributed by atoms with E-state index in [-0.39, 0.29) is 18.1 Å². The molecule has 0 saturated heterocycles. The third-order valence-electron chi connectivity index (χ3n) is 3.12. The summed E-state index contributed by atoms with van der Waals surface area (Å²) in [5.41, 5.74) is 1.14. The van der Waals surface area contributed by atoms with E-state index in [0.717, 1.165) is 11.6 Å². The lowest BCUT2D eigenvalue weighted by atomic mass is 9.91. The first-order valence-corrected chi connectivity index (χ1v) is 6.83. The van der Waals surface area contributed by atoms with Crippen molar-refractivity contribution in [1.29, 1.82) is 0 Å². The highest BCUT2D eigenvalue weighted by atomic mass is 35.5. The van der Waals surface area contributed by atoms with Gasteiger partial charge in [-0.2, -0.15) is 0 Å². The van der Waals surface area contributed by atoms with E-state index >= 15 is 0 Å². The molecule has 2 nitrogen and oxygen atoms in total. The van der Waals surface area contributed by atoms with Crippen molar-refractivity contribution in [3.8, 4) is 0 Å². The van der Waals surface area contributed by atoms with Gasteiger partial charge in [0.05, 0.1) is 0 Å². The average Bonchev–Trinajstić information content (AvgIpc) is 2.31. The quantitative estimate of drug-likeness (QED) is 0.826. The first-order chi connectivity index (χ1) is 8.35. The summed E-state index contributed by atoms with van der Waals surface area (Å²) in [6, 6.07) is 8.25. The molecule has 1 aromatic carbocycles. The Kier molecular flexibility index (Phi) is 5.64. The third kappa shape index (κ3) is 4.60. The van der Waals surface area contributed by atoms with E-state index in [1.54, 1.807) is 0 Å². The van der Waals surface area contributed by atoms with Gasteiger partial charge in [0.15, 0.2) is 0 Å². The highest BCUT2D eigenvalue weighted by molar-refractivity contribution is 6.30. The molecule has 102 valence electrons. The molecule has 2 N–H and O–H groups in total. The van der Waals surface area contributed by atoms with Crippen LogP contribution in [-0.2, 0) is 0 Å². The standard InChI is InChI=1S/C15H24ClNO/c1-11(2)14(17-9-15(3,4)10-18)12-5-7-13(16)8-6-12/h5-8,11,14,17-18H,9-10H2,1-4H3. The van der Waals surface area contributed by atoms with E-state index in [2.05, 4.69) is 45.1 Å². The number of hydrogen-bond acceptors (Lipinski definition) is 2. The van der Waals surface area contributed by atoms with Crippen LogP contribution in [0.3, 0.4) is 0 Å². The van der Waals surface area contributed by atoms with Crippen LogP contribution in [0.4, 0.5) is 0 Å². The second kappa shape index (κ2) is 6.55. The molecule has 0 amide bonds.